The number of carbonyl (C=O) groups excluding carboxylic acids is 1. The summed E-state index contributed by atoms with van der Waals surface area (Å²) < 4.78 is 4.99. The van der Waals surface area contributed by atoms with Crippen LogP contribution in [0.25, 0.3) is 0 Å². The fourth-order valence-corrected chi connectivity index (χ4v) is 2.63. The fourth-order valence-electron chi connectivity index (χ4n) is 2.63. The summed E-state index contributed by atoms with van der Waals surface area (Å²) in [6.45, 7) is 3.64. The number of fused-ring (bicyclic) bond motifs is 1. The van der Waals surface area contributed by atoms with Gasteiger partial charge >= 0.3 is 0 Å². The molecule has 110 valence electrons. The highest BCUT2D eigenvalue weighted by atomic mass is 16.5. The predicted octanol–water partition coefficient (Wildman–Crippen LogP) is 2.91. The Kier molecular flexibility index (Phi) is 3.64. The second-order valence-electron chi connectivity index (χ2n) is 5.52. The van der Waals surface area contributed by atoms with E-state index >= 15 is 0 Å². The molecule has 1 unspecified atom stereocenters. The van der Waals surface area contributed by atoms with Crippen molar-refractivity contribution in [3.63, 3.8) is 0 Å². The minimum atomic E-state index is -0.352. The molecule has 0 fully saturated rings. The van der Waals surface area contributed by atoms with E-state index in [1.54, 1.807) is 6.07 Å². The topological polar surface area (TPSA) is 67.2 Å². The van der Waals surface area contributed by atoms with E-state index in [1.165, 1.54) is 17.5 Å². The molecule has 0 radical (unpaired) electrons. The van der Waals surface area contributed by atoms with E-state index in [4.69, 9.17) is 4.52 Å². The molecule has 1 amide bonds. The summed E-state index contributed by atoms with van der Waals surface area (Å²) in [5.74, 6) is 0.228. The summed E-state index contributed by atoms with van der Waals surface area (Å²) in [5, 5.41) is 9.67. The Morgan fingerprint density at radius 1 is 1.29 bits per heavy atom. The monoisotopic (exact) mass is 285 g/mol. The first-order valence-electron chi connectivity index (χ1n) is 7.24. The number of rotatable bonds is 4. The van der Waals surface area contributed by atoms with Crippen LogP contribution in [0, 0.1) is 6.92 Å². The van der Waals surface area contributed by atoms with Crippen LogP contribution in [0.2, 0.25) is 0 Å². The zero-order valence-corrected chi connectivity index (χ0v) is 12.3. The summed E-state index contributed by atoms with van der Waals surface area (Å²) in [6, 6.07) is 7.67. The second kappa shape index (κ2) is 5.60. The Labute approximate surface area is 123 Å². The van der Waals surface area contributed by atoms with Crippen LogP contribution < -0.4 is 10.6 Å². The number of benzene rings is 1. The maximum atomic E-state index is 12.1. The van der Waals surface area contributed by atoms with E-state index in [0.29, 0.717) is 5.88 Å². The maximum absolute atomic E-state index is 12.1. The van der Waals surface area contributed by atoms with Crippen LogP contribution in [0.4, 0.5) is 11.6 Å². The quantitative estimate of drug-likeness (QED) is 0.906. The van der Waals surface area contributed by atoms with E-state index in [-0.39, 0.29) is 11.9 Å². The minimum Gasteiger partial charge on any atom is -0.374 e. The van der Waals surface area contributed by atoms with Crippen molar-refractivity contribution in [1.29, 1.82) is 0 Å². The van der Waals surface area contributed by atoms with Gasteiger partial charge in [-0.2, -0.15) is 0 Å². The number of nitrogens with zero attached hydrogens (tertiary/aromatic N) is 1. The number of aromatic nitrogens is 1. The van der Waals surface area contributed by atoms with Crippen molar-refractivity contribution in [2.24, 2.45) is 0 Å². The molecule has 0 spiro atoms. The van der Waals surface area contributed by atoms with Crippen molar-refractivity contribution in [2.75, 3.05) is 10.6 Å². The number of hydrogen-bond donors (Lipinski definition) is 2. The molecule has 21 heavy (non-hydrogen) atoms. The standard InChI is InChI=1S/C16H19N3O2/c1-10-8-15(21-19-10)18-16(20)11(2)17-14-7-6-12-4-3-5-13(12)9-14/h6-9,11,17H,3-5H2,1-2H3,(H,18,20). The average Bonchev–Trinajstić information content (AvgIpc) is 3.07. The Morgan fingerprint density at radius 2 is 2.10 bits per heavy atom. The summed E-state index contributed by atoms with van der Waals surface area (Å²) >= 11 is 0. The first-order valence-corrected chi connectivity index (χ1v) is 7.24. The third kappa shape index (κ3) is 3.07. The molecule has 0 saturated heterocycles. The lowest BCUT2D eigenvalue weighted by Crippen LogP contribution is -2.31. The fraction of sp³-hybridized carbons (Fsp3) is 0.375. The molecule has 0 saturated carbocycles. The summed E-state index contributed by atoms with van der Waals surface area (Å²) in [4.78, 5) is 12.1. The number of amides is 1. The molecule has 1 aliphatic rings. The van der Waals surface area contributed by atoms with E-state index in [2.05, 4.69) is 27.9 Å². The van der Waals surface area contributed by atoms with Gasteiger partial charge in [0.25, 0.3) is 0 Å². The van der Waals surface area contributed by atoms with Crippen LogP contribution in [-0.4, -0.2) is 17.1 Å². The van der Waals surface area contributed by atoms with Crippen molar-refractivity contribution in [1.82, 2.24) is 5.16 Å². The molecular weight excluding hydrogens is 266 g/mol. The van der Waals surface area contributed by atoms with Crippen LogP contribution in [0.15, 0.2) is 28.8 Å². The minimum absolute atomic E-state index is 0.147. The highest BCUT2D eigenvalue weighted by Crippen LogP contribution is 2.25. The van der Waals surface area contributed by atoms with E-state index in [0.717, 1.165) is 24.2 Å². The third-order valence-electron chi connectivity index (χ3n) is 3.75. The molecule has 5 nitrogen and oxygen atoms in total. The normalized spacial score (nSPS) is 14.6. The van der Waals surface area contributed by atoms with Crippen molar-refractivity contribution in [2.45, 2.75) is 39.2 Å². The van der Waals surface area contributed by atoms with Gasteiger partial charge in [-0.05, 0) is 56.4 Å². The van der Waals surface area contributed by atoms with Crippen molar-refractivity contribution < 1.29 is 9.32 Å². The Hall–Kier alpha value is -2.30. The molecule has 1 aromatic heterocycles. The van der Waals surface area contributed by atoms with Crippen molar-refractivity contribution in [3.8, 4) is 0 Å². The molecule has 5 heteroatoms. The van der Waals surface area contributed by atoms with Gasteiger partial charge in [-0.3, -0.25) is 10.1 Å². The van der Waals surface area contributed by atoms with E-state index < -0.39 is 0 Å². The molecule has 1 heterocycles. The van der Waals surface area contributed by atoms with Gasteiger partial charge in [-0.1, -0.05) is 11.2 Å². The SMILES string of the molecule is Cc1cc(NC(=O)C(C)Nc2ccc3c(c2)CCC3)on1. The molecule has 1 atom stereocenters. The van der Waals surface area contributed by atoms with Gasteiger partial charge in [0, 0.05) is 11.8 Å². The maximum Gasteiger partial charge on any atom is 0.248 e. The van der Waals surface area contributed by atoms with Crippen LogP contribution in [0.3, 0.4) is 0 Å². The van der Waals surface area contributed by atoms with Crippen LogP contribution >= 0.6 is 0 Å². The zero-order chi connectivity index (χ0) is 14.8. The van der Waals surface area contributed by atoms with Gasteiger partial charge in [0.05, 0.1) is 5.69 Å². The van der Waals surface area contributed by atoms with Gasteiger partial charge in [-0.25, -0.2) is 0 Å². The molecule has 2 N–H and O–H groups in total. The summed E-state index contributed by atoms with van der Waals surface area (Å²) in [7, 11) is 0. The van der Waals surface area contributed by atoms with Crippen LogP contribution in [0.1, 0.15) is 30.2 Å². The molecule has 1 aliphatic carbocycles. The number of aryl methyl sites for hydroxylation is 3. The molecule has 0 bridgehead atoms. The molecular formula is C16H19N3O2. The van der Waals surface area contributed by atoms with Gasteiger partial charge in [0.15, 0.2) is 0 Å². The van der Waals surface area contributed by atoms with Crippen LogP contribution in [-0.2, 0) is 17.6 Å². The van der Waals surface area contributed by atoms with E-state index in [9.17, 15) is 4.79 Å². The molecule has 3 rings (SSSR count). The number of carbonyl (C=O) groups is 1. The number of hydrogen-bond acceptors (Lipinski definition) is 4. The lowest BCUT2D eigenvalue weighted by atomic mass is 10.1. The highest BCUT2D eigenvalue weighted by Gasteiger charge is 2.16. The van der Waals surface area contributed by atoms with E-state index in [1.807, 2.05) is 19.9 Å². The summed E-state index contributed by atoms with van der Waals surface area (Å²) in [5.41, 5.74) is 4.53. The summed E-state index contributed by atoms with van der Waals surface area (Å²) in [6.07, 6.45) is 3.51. The van der Waals surface area contributed by atoms with Crippen molar-refractivity contribution >= 4 is 17.5 Å². The Morgan fingerprint density at radius 3 is 2.86 bits per heavy atom. The van der Waals surface area contributed by atoms with Gasteiger partial charge < -0.3 is 9.84 Å². The average molecular weight is 285 g/mol. The molecule has 1 aromatic carbocycles. The predicted molar refractivity (Wildman–Crippen MR) is 81.4 cm³/mol. The van der Waals surface area contributed by atoms with Crippen LogP contribution in [0.5, 0.6) is 0 Å². The van der Waals surface area contributed by atoms with Gasteiger partial charge in [0.2, 0.25) is 11.8 Å². The Balaban J connectivity index is 1.62. The lowest BCUT2D eigenvalue weighted by Gasteiger charge is -2.15. The Bertz CT molecular complexity index is 663. The zero-order valence-electron chi connectivity index (χ0n) is 12.3. The highest BCUT2D eigenvalue weighted by molar-refractivity contribution is 5.95. The smallest absolute Gasteiger partial charge is 0.248 e. The number of anilines is 2. The lowest BCUT2D eigenvalue weighted by molar-refractivity contribution is -0.116. The molecule has 0 aliphatic heterocycles. The van der Waals surface area contributed by atoms with Gasteiger partial charge in [-0.15, -0.1) is 0 Å². The first-order chi connectivity index (χ1) is 10.1. The second-order valence-corrected chi connectivity index (χ2v) is 5.52. The van der Waals surface area contributed by atoms with Crippen molar-refractivity contribution in [3.05, 3.63) is 41.1 Å². The van der Waals surface area contributed by atoms with Gasteiger partial charge in [0.1, 0.15) is 6.04 Å². The first kappa shape index (κ1) is 13.7. The molecule has 2 aromatic rings. The third-order valence-corrected chi connectivity index (χ3v) is 3.75. The number of nitrogens with one attached hydrogen (secondary N) is 2. The largest absolute Gasteiger partial charge is 0.374 e.